The molecule has 2 heterocycles. The lowest BCUT2D eigenvalue weighted by atomic mass is 10.1. The Kier molecular flexibility index (Phi) is 5.78. The number of aromatic nitrogens is 2. The summed E-state index contributed by atoms with van der Waals surface area (Å²) < 4.78 is 0. The quantitative estimate of drug-likeness (QED) is 0.590. The number of benzene rings is 1. The van der Waals surface area contributed by atoms with Gasteiger partial charge in [0.1, 0.15) is 5.82 Å². The van der Waals surface area contributed by atoms with Crippen LogP contribution in [0.4, 0.5) is 28.8 Å². The van der Waals surface area contributed by atoms with Crippen LogP contribution in [0.1, 0.15) is 31.9 Å². The van der Waals surface area contributed by atoms with E-state index in [0.29, 0.717) is 23.4 Å². The number of hydrogen-bond acceptors (Lipinski definition) is 7. The van der Waals surface area contributed by atoms with Gasteiger partial charge in [0.2, 0.25) is 5.95 Å². The highest BCUT2D eigenvalue weighted by Crippen LogP contribution is 2.25. The molecule has 1 aliphatic heterocycles. The third-order valence-corrected chi connectivity index (χ3v) is 4.77. The molecule has 0 saturated carbocycles. The normalized spacial score (nSPS) is 17.3. The van der Waals surface area contributed by atoms with E-state index >= 15 is 0 Å². The molecule has 140 valence electrons. The molecule has 1 saturated heterocycles. The van der Waals surface area contributed by atoms with Gasteiger partial charge in [-0.25, -0.2) is 4.98 Å². The largest absolute Gasteiger partial charge is 0.397 e. The van der Waals surface area contributed by atoms with E-state index < -0.39 is 0 Å². The molecule has 7 nitrogen and oxygen atoms in total. The monoisotopic (exact) mass is 355 g/mol. The molecule has 0 bridgehead atoms. The van der Waals surface area contributed by atoms with Crippen LogP contribution in [-0.2, 0) is 6.42 Å². The summed E-state index contributed by atoms with van der Waals surface area (Å²) >= 11 is 0. The van der Waals surface area contributed by atoms with Crippen molar-refractivity contribution in [2.45, 2.75) is 38.6 Å². The zero-order valence-corrected chi connectivity index (χ0v) is 15.6. The van der Waals surface area contributed by atoms with E-state index in [1.165, 1.54) is 6.42 Å². The van der Waals surface area contributed by atoms with Gasteiger partial charge in [-0.05, 0) is 44.5 Å². The van der Waals surface area contributed by atoms with E-state index in [1.807, 2.05) is 19.2 Å². The minimum Gasteiger partial charge on any atom is -0.397 e. The van der Waals surface area contributed by atoms with Crippen LogP contribution in [0.2, 0.25) is 0 Å². The van der Waals surface area contributed by atoms with Crippen molar-refractivity contribution in [3.05, 3.63) is 30.0 Å². The van der Waals surface area contributed by atoms with Crippen LogP contribution in [0.3, 0.4) is 0 Å². The van der Waals surface area contributed by atoms with Crippen molar-refractivity contribution in [3.8, 4) is 0 Å². The number of nitrogen functional groups attached to an aromatic ring is 2. The molecule has 0 spiro atoms. The lowest BCUT2D eigenvalue weighted by Gasteiger charge is -2.33. The third-order valence-electron chi connectivity index (χ3n) is 4.77. The molecular weight excluding hydrogens is 326 g/mol. The molecule has 1 aliphatic rings. The molecule has 0 amide bonds. The molecule has 1 atom stereocenters. The van der Waals surface area contributed by atoms with E-state index in [-0.39, 0.29) is 0 Å². The van der Waals surface area contributed by atoms with E-state index in [9.17, 15) is 0 Å². The number of likely N-dealkylation sites (N-methyl/N-ethyl adjacent to an activating group) is 1. The Labute approximate surface area is 155 Å². The molecule has 1 aromatic heterocycles. The number of hydrogen-bond donors (Lipinski definition) is 4. The first kappa shape index (κ1) is 18.3. The molecule has 1 aromatic carbocycles. The Morgan fingerprint density at radius 2 is 2.04 bits per heavy atom. The minimum atomic E-state index is 0.502. The second-order valence-corrected chi connectivity index (χ2v) is 6.83. The minimum absolute atomic E-state index is 0.502. The number of nitrogens with zero attached hydrogens (tertiary/aromatic N) is 3. The van der Waals surface area contributed by atoms with Crippen molar-refractivity contribution in [2.75, 3.05) is 41.8 Å². The van der Waals surface area contributed by atoms with Gasteiger partial charge in [0.15, 0.2) is 0 Å². The van der Waals surface area contributed by atoms with E-state index in [1.54, 1.807) is 6.07 Å². The standard InChI is InChI=1S/C19H29N7/c1-3-5-13-11-18(26-9-4-6-15(12-26)22-2)25-19(23-13)24-14-7-8-16(20)17(21)10-14/h7-8,10-11,15,22H,3-6,9,12,20-21H2,1-2H3,(H,23,24,25). The fraction of sp³-hybridized carbons (Fsp3) is 0.474. The third kappa shape index (κ3) is 4.35. The number of nitrogens with one attached hydrogen (secondary N) is 2. The molecule has 1 fully saturated rings. The van der Waals surface area contributed by atoms with Crippen molar-refractivity contribution >= 4 is 28.8 Å². The van der Waals surface area contributed by atoms with Crippen LogP contribution in [0.15, 0.2) is 24.3 Å². The molecule has 3 rings (SSSR count). The molecular formula is C19H29N7. The van der Waals surface area contributed by atoms with Crippen LogP contribution in [0, 0.1) is 0 Å². The van der Waals surface area contributed by atoms with Crippen LogP contribution < -0.4 is 27.0 Å². The summed E-state index contributed by atoms with van der Waals surface area (Å²) in [6.45, 7) is 4.15. The van der Waals surface area contributed by atoms with Gasteiger partial charge in [-0.15, -0.1) is 0 Å². The predicted octanol–water partition coefficient (Wildman–Crippen LogP) is 2.53. The highest BCUT2D eigenvalue weighted by Gasteiger charge is 2.20. The lowest BCUT2D eigenvalue weighted by Crippen LogP contribution is -2.44. The second kappa shape index (κ2) is 8.23. The summed E-state index contributed by atoms with van der Waals surface area (Å²) in [6.07, 6.45) is 4.34. The van der Waals surface area contributed by atoms with Gasteiger partial charge >= 0.3 is 0 Å². The SMILES string of the molecule is CCCc1cc(N2CCCC(NC)C2)nc(Nc2ccc(N)c(N)c2)n1. The fourth-order valence-electron chi connectivity index (χ4n) is 3.29. The lowest BCUT2D eigenvalue weighted by molar-refractivity contribution is 0.447. The fourth-order valence-corrected chi connectivity index (χ4v) is 3.29. The van der Waals surface area contributed by atoms with E-state index in [0.717, 1.165) is 49.6 Å². The Morgan fingerprint density at radius 3 is 2.77 bits per heavy atom. The number of anilines is 5. The van der Waals surface area contributed by atoms with Crippen LogP contribution in [0.25, 0.3) is 0 Å². The van der Waals surface area contributed by atoms with Gasteiger partial charge < -0.3 is 27.0 Å². The average molecular weight is 355 g/mol. The summed E-state index contributed by atoms with van der Waals surface area (Å²) in [5.41, 5.74) is 14.7. The molecule has 7 heteroatoms. The molecule has 1 unspecified atom stereocenters. The Bertz CT molecular complexity index is 747. The summed E-state index contributed by atoms with van der Waals surface area (Å²) in [5, 5.41) is 6.66. The summed E-state index contributed by atoms with van der Waals surface area (Å²) in [7, 11) is 2.02. The first-order valence-corrected chi connectivity index (χ1v) is 9.31. The van der Waals surface area contributed by atoms with Crippen molar-refractivity contribution in [1.29, 1.82) is 0 Å². The first-order chi connectivity index (χ1) is 12.6. The van der Waals surface area contributed by atoms with Gasteiger partial charge in [0.25, 0.3) is 0 Å². The Morgan fingerprint density at radius 1 is 1.19 bits per heavy atom. The Hall–Kier alpha value is -2.54. The number of rotatable bonds is 6. The van der Waals surface area contributed by atoms with Crippen molar-refractivity contribution in [2.24, 2.45) is 0 Å². The summed E-state index contributed by atoms with van der Waals surface area (Å²) in [5.74, 6) is 1.58. The maximum absolute atomic E-state index is 5.91. The van der Waals surface area contributed by atoms with E-state index in [4.69, 9.17) is 16.5 Å². The van der Waals surface area contributed by atoms with Gasteiger partial charge in [-0.3, -0.25) is 0 Å². The highest BCUT2D eigenvalue weighted by atomic mass is 15.2. The first-order valence-electron chi connectivity index (χ1n) is 9.31. The van der Waals surface area contributed by atoms with Crippen LogP contribution >= 0.6 is 0 Å². The van der Waals surface area contributed by atoms with Gasteiger partial charge in [-0.1, -0.05) is 13.3 Å². The van der Waals surface area contributed by atoms with Crippen molar-refractivity contribution in [1.82, 2.24) is 15.3 Å². The zero-order chi connectivity index (χ0) is 18.5. The maximum Gasteiger partial charge on any atom is 0.229 e. The molecule has 0 aliphatic carbocycles. The van der Waals surface area contributed by atoms with Crippen molar-refractivity contribution < 1.29 is 0 Å². The summed E-state index contributed by atoms with van der Waals surface area (Å²) in [6, 6.07) is 8.10. The summed E-state index contributed by atoms with van der Waals surface area (Å²) in [4.78, 5) is 11.8. The smallest absolute Gasteiger partial charge is 0.229 e. The van der Waals surface area contributed by atoms with Crippen molar-refractivity contribution in [3.63, 3.8) is 0 Å². The molecule has 26 heavy (non-hydrogen) atoms. The van der Waals surface area contributed by atoms with Gasteiger partial charge in [0.05, 0.1) is 11.4 Å². The van der Waals surface area contributed by atoms with Gasteiger partial charge in [-0.2, -0.15) is 4.98 Å². The predicted molar refractivity (Wildman–Crippen MR) is 109 cm³/mol. The number of nitrogens with two attached hydrogens (primary N) is 2. The Balaban J connectivity index is 1.86. The second-order valence-electron chi connectivity index (χ2n) is 6.83. The maximum atomic E-state index is 5.91. The zero-order valence-electron chi connectivity index (χ0n) is 15.6. The van der Waals surface area contributed by atoms with Crippen LogP contribution in [0.5, 0.6) is 0 Å². The van der Waals surface area contributed by atoms with Gasteiger partial charge in [0, 0.05) is 36.6 Å². The topological polar surface area (TPSA) is 105 Å². The number of aryl methyl sites for hydroxylation is 1. The highest BCUT2D eigenvalue weighted by molar-refractivity contribution is 5.71. The molecule has 6 N–H and O–H groups in total. The van der Waals surface area contributed by atoms with Crippen LogP contribution in [-0.4, -0.2) is 36.1 Å². The van der Waals surface area contributed by atoms with E-state index in [2.05, 4.69) is 33.5 Å². The molecule has 0 radical (unpaired) electrons. The average Bonchev–Trinajstić information content (AvgIpc) is 2.65. The molecule has 2 aromatic rings. The number of piperidine rings is 1.